The highest BCUT2D eigenvalue weighted by Crippen LogP contribution is 2.69. The molecule has 200 valence electrons. The van der Waals surface area contributed by atoms with E-state index in [1.807, 2.05) is 6.92 Å². The Morgan fingerprint density at radius 2 is 1.59 bits per heavy atom. The molecular formula is C30H40N2O4S. The highest BCUT2D eigenvalue weighted by atomic mass is 32.2. The van der Waals surface area contributed by atoms with E-state index in [1.165, 1.54) is 36.9 Å². The first kappa shape index (κ1) is 27.6. The summed E-state index contributed by atoms with van der Waals surface area (Å²) < 4.78 is 31.9. The topological polar surface area (TPSA) is 88.4 Å². The number of nitrogens with one attached hydrogen (secondary N) is 1. The molecule has 6 nitrogen and oxygen atoms in total. The lowest BCUT2D eigenvalue weighted by Gasteiger charge is -2.22. The maximum atomic E-state index is 13.3. The van der Waals surface area contributed by atoms with E-state index in [1.54, 1.807) is 12.1 Å². The van der Waals surface area contributed by atoms with Crippen molar-refractivity contribution in [3.8, 4) is 0 Å². The molecule has 1 saturated carbocycles. The zero-order chi connectivity index (χ0) is 27.0. The van der Waals surface area contributed by atoms with E-state index < -0.39 is 10.1 Å². The zero-order valence-electron chi connectivity index (χ0n) is 22.6. The fraction of sp³-hybridized carbons (Fsp3) is 0.500. The Kier molecular flexibility index (Phi) is 7.71. The fourth-order valence-electron chi connectivity index (χ4n) is 5.84. The van der Waals surface area contributed by atoms with Crippen molar-refractivity contribution in [1.29, 1.82) is 0 Å². The average molecular weight is 525 g/mol. The molecule has 2 aromatic carbocycles. The van der Waals surface area contributed by atoms with Crippen LogP contribution in [0.3, 0.4) is 0 Å². The Balaban J connectivity index is 0.000000245. The summed E-state index contributed by atoms with van der Waals surface area (Å²) >= 11 is 0. The molecule has 0 bridgehead atoms. The predicted octanol–water partition coefficient (Wildman–Crippen LogP) is 6.14. The maximum absolute atomic E-state index is 13.3. The van der Waals surface area contributed by atoms with Crippen LogP contribution in [-0.4, -0.2) is 36.4 Å². The molecule has 2 fully saturated rings. The number of benzene rings is 2. The lowest BCUT2D eigenvalue weighted by molar-refractivity contribution is 0.0946. The highest BCUT2D eigenvalue weighted by molar-refractivity contribution is 7.85. The van der Waals surface area contributed by atoms with Crippen molar-refractivity contribution >= 4 is 26.8 Å². The second kappa shape index (κ2) is 10.4. The molecule has 0 atom stereocenters. The number of carbonyl (C=O) groups is 1. The van der Waals surface area contributed by atoms with Crippen molar-refractivity contribution < 1.29 is 17.8 Å². The van der Waals surface area contributed by atoms with Gasteiger partial charge >= 0.3 is 0 Å². The summed E-state index contributed by atoms with van der Waals surface area (Å²) in [6, 6.07) is 14.4. The van der Waals surface area contributed by atoms with Gasteiger partial charge in [-0.25, -0.2) is 0 Å². The highest BCUT2D eigenvalue weighted by Gasteiger charge is 2.68. The van der Waals surface area contributed by atoms with E-state index >= 15 is 0 Å². The van der Waals surface area contributed by atoms with Gasteiger partial charge < -0.3 is 9.88 Å². The first-order valence-electron chi connectivity index (χ1n) is 13.2. The lowest BCUT2D eigenvalue weighted by atomic mass is 9.95. The van der Waals surface area contributed by atoms with Gasteiger partial charge in [0.15, 0.2) is 5.78 Å². The number of nitrogens with zero attached hydrogens (tertiary/aromatic N) is 1. The Morgan fingerprint density at radius 1 is 1.00 bits per heavy atom. The third-order valence-corrected chi connectivity index (χ3v) is 9.76. The SMILES string of the molecule is CC1(C)C(C(=O)c2cn(CCC3CCNCC3)c3ccccc23)C1(C)C.Cc1ccc(S(=O)(=O)O)cc1. The van der Waals surface area contributed by atoms with E-state index in [2.05, 4.69) is 68.0 Å². The Morgan fingerprint density at radius 3 is 2.16 bits per heavy atom. The number of aromatic nitrogens is 1. The van der Waals surface area contributed by atoms with Gasteiger partial charge in [0.1, 0.15) is 0 Å². The number of para-hydroxylation sites is 1. The first-order chi connectivity index (χ1) is 17.3. The van der Waals surface area contributed by atoms with Gasteiger partial charge in [-0.1, -0.05) is 63.6 Å². The van der Waals surface area contributed by atoms with Crippen molar-refractivity contribution in [2.24, 2.45) is 22.7 Å². The van der Waals surface area contributed by atoms with Crippen molar-refractivity contribution in [2.45, 2.75) is 65.3 Å². The molecule has 0 radical (unpaired) electrons. The Hall–Kier alpha value is -2.48. The standard InChI is InChI=1S/C23H32N2O.C7H8O3S/c1-22(2)21(23(22,3)4)20(26)18-15-25(19-8-6-5-7-17(18)19)14-11-16-9-12-24-13-10-16;1-6-2-4-7(5-3-6)11(8,9)10/h5-8,15-16,21,24H,9-14H2,1-4H3;2-5H,1H3,(H,8,9,10). The lowest BCUT2D eigenvalue weighted by Crippen LogP contribution is -2.28. The predicted molar refractivity (Wildman–Crippen MR) is 149 cm³/mol. The third kappa shape index (κ3) is 5.69. The van der Waals surface area contributed by atoms with Gasteiger partial charge in [-0.2, -0.15) is 8.42 Å². The number of aryl methyl sites for hydroxylation is 2. The molecule has 0 unspecified atom stereocenters. The molecule has 0 amide bonds. The second-order valence-corrected chi connectivity index (χ2v) is 13.2. The molecule has 0 spiro atoms. The van der Waals surface area contributed by atoms with Gasteiger partial charge in [-0.3, -0.25) is 9.35 Å². The summed E-state index contributed by atoms with van der Waals surface area (Å²) in [5.41, 5.74) is 3.26. The van der Waals surface area contributed by atoms with Gasteiger partial charge in [-0.15, -0.1) is 0 Å². The van der Waals surface area contributed by atoms with Crippen molar-refractivity contribution in [2.75, 3.05) is 13.1 Å². The molecule has 1 saturated heterocycles. The van der Waals surface area contributed by atoms with E-state index in [0.29, 0.717) is 5.78 Å². The molecule has 2 N–H and O–H groups in total. The van der Waals surface area contributed by atoms with Gasteiger partial charge in [0.05, 0.1) is 4.90 Å². The molecule has 2 aliphatic rings. The normalized spacial score (nSPS) is 19.3. The van der Waals surface area contributed by atoms with Crippen LogP contribution in [0, 0.1) is 29.6 Å². The molecule has 1 aliphatic heterocycles. The van der Waals surface area contributed by atoms with Gasteiger partial charge in [0, 0.05) is 35.1 Å². The number of carbonyl (C=O) groups excluding carboxylic acids is 1. The van der Waals surface area contributed by atoms with Crippen LogP contribution in [0.15, 0.2) is 59.6 Å². The third-order valence-electron chi connectivity index (χ3n) is 8.89. The number of piperidine rings is 1. The van der Waals surface area contributed by atoms with Crippen molar-refractivity contribution in [3.63, 3.8) is 0 Å². The van der Waals surface area contributed by atoms with E-state index in [4.69, 9.17) is 4.55 Å². The Bertz CT molecular complexity index is 1350. The first-order valence-corrected chi connectivity index (χ1v) is 14.6. The summed E-state index contributed by atoms with van der Waals surface area (Å²) in [4.78, 5) is 13.3. The van der Waals surface area contributed by atoms with Crippen LogP contribution in [0.2, 0.25) is 0 Å². The van der Waals surface area contributed by atoms with E-state index in [0.717, 1.165) is 42.1 Å². The van der Waals surface area contributed by atoms with Gasteiger partial charge in [-0.05, 0) is 74.2 Å². The summed E-state index contributed by atoms with van der Waals surface area (Å²) in [5.74, 6) is 1.26. The largest absolute Gasteiger partial charge is 0.347 e. The molecule has 1 aliphatic carbocycles. The molecule has 7 heteroatoms. The molecule has 5 rings (SSSR count). The monoisotopic (exact) mass is 524 g/mol. The van der Waals surface area contributed by atoms with Crippen molar-refractivity contribution in [1.82, 2.24) is 9.88 Å². The maximum Gasteiger partial charge on any atom is 0.294 e. The second-order valence-electron chi connectivity index (χ2n) is 11.8. The van der Waals surface area contributed by atoms with E-state index in [9.17, 15) is 13.2 Å². The minimum absolute atomic E-state index is 0.0666. The molecule has 1 aromatic heterocycles. The summed E-state index contributed by atoms with van der Waals surface area (Å²) in [7, 11) is -4.02. The Labute approximate surface area is 221 Å². The van der Waals surface area contributed by atoms with Crippen LogP contribution in [0.1, 0.15) is 62.9 Å². The smallest absolute Gasteiger partial charge is 0.294 e. The van der Waals surface area contributed by atoms with Crippen LogP contribution in [-0.2, 0) is 16.7 Å². The zero-order valence-corrected chi connectivity index (χ0v) is 23.4. The minimum Gasteiger partial charge on any atom is -0.347 e. The number of fused-ring (bicyclic) bond motifs is 1. The molecule has 3 aromatic rings. The number of ketones is 1. The van der Waals surface area contributed by atoms with Crippen LogP contribution < -0.4 is 5.32 Å². The molecular weight excluding hydrogens is 484 g/mol. The van der Waals surface area contributed by atoms with Gasteiger partial charge in [0.2, 0.25) is 0 Å². The van der Waals surface area contributed by atoms with Crippen molar-refractivity contribution in [3.05, 3.63) is 65.9 Å². The number of rotatable bonds is 6. The fourth-order valence-corrected chi connectivity index (χ4v) is 6.32. The van der Waals surface area contributed by atoms with Crippen LogP contribution >= 0.6 is 0 Å². The van der Waals surface area contributed by atoms with E-state index in [-0.39, 0.29) is 21.6 Å². The summed E-state index contributed by atoms with van der Waals surface area (Å²) in [6.07, 6.45) is 5.89. The molecule has 37 heavy (non-hydrogen) atoms. The van der Waals surface area contributed by atoms with Crippen LogP contribution in [0.5, 0.6) is 0 Å². The van der Waals surface area contributed by atoms with Gasteiger partial charge in [0.25, 0.3) is 10.1 Å². The minimum atomic E-state index is -4.02. The van der Waals surface area contributed by atoms with Crippen LogP contribution in [0.4, 0.5) is 0 Å². The quantitative estimate of drug-likeness (QED) is 0.299. The number of Topliss-reactive ketones (excluding diaryl/α,β-unsaturated/α-hetero) is 1. The number of hydrogen-bond donors (Lipinski definition) is 2. The van der Waals surface area contributed by atoms with Crippen LogP contribution in [0.25, 0.3) is 10.9 Å². The average Bonchev–Trinajstić information content (AvgIpc) is 3.11. The molecule has 2 heterocycles. The summed E-state index contributed by atoms with van der Waals surface area (Å²) in [6.45, 7) is 14.1. The summed E-state index contributed by atoms with van der Waals surface area (Å²) in [5, 5.41) is 4.57. The number of hydrogen-bond acceptors (Lipinski definition) is 4.